The van der Waals surface area contributed by atoms with E-state index in [1.54, 1.807) is 19.1 Å². The monoisotopic (exact) mass is 573 g/mol. The lowest BCUT2D eigenvalue weighted by Gasteiger charge is -2.10. The zero-order valence-electron chi connectivity index (χ0n) is 15.2. The van der Waals surface area contributed by atoms with Crippen LogP contribution in [0.4, 0.5) is 5.69 Å². The predicted molar refractivity (Wildman–Crippen MR) is 121 cm³/mol. The highest BCUT2D eigenvalue weighted by molar-refractivity contribution is 9.11. The number of carbonyl (C=O) groups excluding carboxylic acids is 2. The summed E-state index contributed by atoms with van der Waals surface area (Å²) in [5.41, 5.74) is 4.54. The molecule has 9 heteroatoms. The predicted octanol–water partition coefficient (Wildman–Crippen LogP) is 5.18. The van der Waals surface area contributed by atoms with Crippen molar-refractivity contribution in [1.29, 1.82) is 0 Å². The molecule has 2 rings (SSSR count). The van der Waals surface area contributed by atoms with E-state index in [1.165, 1.54) is 0 Å². The molecule has 0 fully saturated rings. The summed E-state index contributed by atoms with van der Waals surface area (Å²) in [5, 5.41) is 6.70. The fourth-order valence-electron chi connectivity index (χ4n) is 2.09. The van der Waals surface area contributed by atoms with Crippen molar-refractivity contribution in [2.24, 2.45) is 5.10 Å². The molecular weight excluding hydrogens is 558 g/mol. The number of nitrogens with zero attached hydrogens (tertiary/aromatic N) is 1. The minimum absolute atomic E-state index is 0.0641. The molecule has 0 radical (unpaired) electrons. The van der Waals surface area contributed by atoms with Crippen molar-refractivity contribution in [3.05, 3.63) is 55.4 Å². The Bertz CT molecular complexity index is 899. The summed E-state index contributed by atoms with van der Waals surface area (Å²) in [4.78, 5) is 23.9. The first-order valence-electron chi connectivity index (χ1n) is 8.20. The highest BCUT2D eigenvalue weighted by Crippen LogP contribution is 2.31. The van der Waals surface area contributed by atoms with Gasteiger partial charge < -0.3 is 10.1 Å². The molecule has 6 nitrogen and oxygen atoms in total. The number of hydrogen-bond acceptors (Lipinski definition) is 4. The van der Waals surface area contributed by atoms with Crippen molar-refractivity contribution >= 4 is 71.0 Å². The van der Waals surface area contributed by atoms with Crippen LogP contribution in [0.5, 0.6) is 5.75 Å². The molecule has 2 aromatic rings. The molecule has 0 atom stereocenters. The summed E-state index contributed by atoms with van der Waals surface area (Å²) in [7, 11) is 0. The van der Waals surface area contributed by atoms with E-state index in [-0.39, 0.29) is 18.9 Å². The lowest BCUT2D eigenvalue weighted by molar-refractivity contribution is -0.123. The molecule has 0 saturated heterocycles. The van der Waals surface area contributed by atoms with Crippen LogP contribution >= 0.6 is 47.8 Å². The van der Waals surface area contributed by atoms with Crippen molar-refractivity contribution in [1.82, 2.24) is 5.43 Å². The van der Waals surface area contributed by atoms with Gasteiger partial charge in [-0.1, -0.05) is 31.9 Å². The van der Waals surface area contributed by atoms with Crippen LogP contribution in [0.2, 0.25) is 0 Å². The first-order valence-corrected chi connectivity index (χ1v) is 10.6. The zero-order valence-corrected chi connectivity index (χ0v) is 19.9. The Labute approximate surface area is 188 Å². The van der Waals surface area contributed by atoms with E-state index in [2.05, 4.69) is 63.6 Å². The molecule has 28 heavy (non-hydrogen) atoms. The Morgan fingerprint density at radius 3 is 2.39 bits per heavy atom. The lowest BCUT2D eigenvalue weighted by Crippen LogP contribution is -2.26. The molecule has 0 aliphatic carbocycles. The number of nitrogens with one attached hydrogen (secondary N) is 2. The Kier molecular flexibility index (Phi) is 8.65. The molecule has 0 bridgehead atoms. The number of hydrazone groups is 1. The summed E-state index contributed by atoms with van der Waals surface area (Å²) in [6.07, 6.45) is 0.0641. The number of hydrogen-bond donors (Lipinski definition) is 2. The third kappa shape index (κ3) is 7.37. The van der Waals surface area contributed by atoms with Gasteiger partial charge in [0.25, 0.3) is 5.91 Å². The van der Waals surface area contributed by atoms with Crippen LogP contribution in [0.3, 0.4) is 0 Å². The minimum Gasteiger partial charge on any atom is -0.483 e. The van der Waals surface area contributed by atoms with Crippen LogP contribution in [0.1, 0.15) is 18.9 Å². The van der Waals surface area contributed by atoms with Gasteiger partial charge in [0.2, 0.25) is 5.91 Å². The number of carbonyl (C=O) groups is 2. The second-order valence-electron chi connectivity index (χ2n) is 5.93. The molecule has 2 amide bonds. The molecule has 0 saturated carbocycles. The molecule has 2 aromatic carbocycles. The van der Waals surface area contributed by atoms with Crippen molar-refractivity contribution in [2.75, 3.05) is 11.9 Å². The van der Waals surface area contributed by atoms with E-state index in [9.17, 15) is 9.59 Å². The average Bonchev–Trinajstić information content (AvgIpc) is 2.63. The topological polar surface area (TPSA) is 79.8 Å². The molecule has 0 aromatic heterocycles. The molecule has 0 spiro atoms. The van der Waals surface area contributed by atoms with Crippen LogP contribution in [0.25, 0.3) is 0 Å². The minimum atomic E-state index is -0.417. The Hall–Kier alpha value is -1.71. The standard InChI is InChI=1S/C19H18Br3N3O3/c1-11-7-17(16(22)9-15(11)21)28-10-19(27)25-24-12(2)8-18(26)23-14-5-3-13(20)4-6-14/h3-7,9H,8,10H2,1-2H3,(H,23,26)(H,25,27)/b24-12-. The quantitative estimate of drug-likeness (QED) is 0.353. The Morgan fingerprint density at radius 1 is 1.04 bits per heavy atom. The van der Waals surface area contributed by atoms with Gasteiger partial charge >= 0.3 is 0 Å². The third-order valence-electron chi connectivity index (χ3n) is 3.49. The highest BCUT2D eigenvalue weighted by atomic mass is 79.9. The van der Waals surface area contributed by atoms with Gasteiger partial charge in [-0.2, -0.15) is 5.10 Å². The molecule has 148 valence electrons. The van der Waals surface area contributed by atoms with Crippen LogP contribution < -0.4 is 15.5 Å². The van der Waals surface area contributed by atoms with E-state index in [0.717, 1.165) is 19.0 Å². The van der Waals surface area contributed by atoms with Gasteiger partial charge in [0, 0.05) is 20.3 Å². The normalized spacial score (nSPS) is 11.1. The average molecular weight is 576 g/mol. The smallest absolute Gasteiger partial charge is 0.277 e. The highest BCUT2D eigenvalue weighted by Gasteiger charge is 2.09. The first kappa shape index (κ1) is 22.6. The first-order chi connectivity index (χ1) is 13.2. The lowest BCUT2D eigenvalue weighted by atomic mass is 10.2. The van der Waals surface area contributed by atoms with Gasteiger partial charge in [-0.05, 0) is 71.7 Å². The largest absolute Gasteiger partial charge is 0.483 e. The SMILES string of the molecule is C/C(CC(=O)Nc1ccc(Br)cc1)=N/NC(=O)COc1cc(C)c(Br)cc1Br. The van der Waals surface area contributed by atoms with Crippen LogP contribution in [0, 0.1) is 6.92 Å². The number of rotatable bonds is 7. The van der Waals surface area contributed by atoms with Crippen LogP contribution in [0.15, 0.2) is 54.9 Å². The van der Waals surface area contributed by atoms with E-state index in [1.807, 2.05) is 31.2 Å². The number of amides is 2. The number of ether oxygens (including phenoxy) is 1. The number of benzene rings is 2. The maximum absolute atomic E-state index is 12.0. The van der Waals surface area contributed by atoms with Gasteiger partial charge in [0.05, 0.1) is 10.9 Å². The summed E-state index contributed by atoms with van der Waals surface area (Å²) in [5.74, 6) is -0.0751. The summed E-state index contributed by atoms with van der Waals surface area (Å²) >= 11 is 10.2. The van der Waals surface area contributed by atoms with Gasteiger partial charge in [-0.25, -0.2) is 5.43 Å². The van der Waals surface area contributed by atoms with Gasteiger partial charge in [-0.15, -0.1) is 0 Å². The summed E-state index contributed by atoms with van der Waals surface area (Å²) in [6.45, 7) is 3.40. The number of aryl methyl sites for hydroxylation is 1. The molecular formula is C19H18Br3N3O3. The van der Waals surface area contributed by atoms with Gasteiger partial charge in [-0.3, -0.25) is 9.59 Å². The molecule has 0 unspecified atom stereocenters. The van der Waals surface area contributed by atoms with Crippen molar-refractivity contribution in [3.63, 3.8) is 0 Å². The van der Waals surface area contributed by atoms with Crippen molar-refractivity contribution in [2.45, 2.75) is 20.3 Å². The summed E-state index contributed by atoms with van der Waals surface area (Å²) < 4.78 is 8.11. The van der Waals surface area contributed by atoms with E-state index >= 15 is 0 Å². The van der Waals surface area contributed by atoms with Crippen LogP contribution in [-0.4, -0.2) is 24.1 Å². The number of anilines is 1. The van der Waals surface area contributed by atoms with E-state index in [0.29, 0.717) is 17.1 Å². The maximum atomic E-state index is 12.0. The van der Waals surface area contributed by atoms with Crippen LogP contribution in [-0.2, 0) is 9.59 Å². The van der Waals surface area contributed by atoms with Gasteiger partial charge in [0.15, 0.2) is 6.61 Å². The maximum Gasteiger partial charge on any atom is 0.277 e. The zero-order chi connectivity index (χ0) is 20.7. The van der Waals surface area contributed by atoms with Gasteiger partial charge in [0.1, 0.15) is 5.75 Å². The molecule has 0 heterocycles. The molecule has 2 N–H and O–H groups in total. The van der Waals surface area contributed by atoms with Crippen molar-refractivity contribution < 1.29 is 14.3 Å². The fraction of sp³-hybridized carbons (Fsp3) is 0.211. The summed E-state index contributed by atoms with van der Waals surface area (Å²) in [6, 6.07) is 10.9. The molecule has 0 aliphatic rings. The fourth-order valence-corrected chi connectivity index (χ4v) is 3.46. The number of halogens is 3. The Morgan fingerprint density at radius 2 is 1.71 bits per heavy atom. The second-order valence-corrected chi connectivity index (χ2v) is 8.56. The van der Waals surface area contributed by atoms with E-state index < -0.39 is 5.91 Å². The van der Waals surface area contributed by atoms with Crippen molar-refractivity contribution in [3.8, 4) is 5.75 Å². The third-order valence-corrected chi connectivity index (χ3v) is 5.49. The second kappa shape index (κ2) is 10.7. The van der Waals surface area contributed by atoms with E-state index in [4.69, 9.17) is 4.74 Å². The molecule has 0 aliphatic heterocycles. The Balaban J connectivity index is 1.80.